The van der Waals surface area contributed by atoms with E-state index in [-0.39, 0.29) is 23.9 Å². The average molecular weight is 448 g/mol. The molecule has 5 rings (SSSR count). The number of piperidine rings is 2. The molecule has 172 valence electrons. The van der Waals surface area contributed by atoms with Crippen molar-refractivity contribution in [1.82, 2.24) is 15.2 Å². The molecule has 0 saturated carbocycles. The second-order valence-corrected chi connectivity index (χ2v) is 8.79. The van der Waals surface area contributed by atoms with Gasteiger partial charge in [-0.25, -0.2) is 4.79 Å². The predicted molar refractivity (Wildman–Crippen MR) is 127 cm³/mol. The van der Waals surface area contributed by atoms with Crippen LogP contribution in [0.4, 0.5) is 16.5 Å². The Morgan fingerprint density at radius 1 is 0.879 bits per heavy atom. The number of para-hydroxylation sites is 3. The van der Waals surface area contributed by atoms with E-state index in [9.17, 15) is 9.59 Å². The van der Waals surface area contributed by atoms with E-state index in [1.807, 2.05) is 59.5 Å². The molecule has 2 aliphatic heterocycles. The number of hydrogen-bond acceptors (Lipinski definition) is 5. The molecule has 0 radical (unpaired) electrons. The van der Waals surface area contributed by atoms with Crippen molar-refractivity contribution in [1.29, 1.82) is 0 Å². The van der Waals surface area contributed by atoms with E-state index in [1.165, 1.54) is 0 Å². The van der Waals surface area contributed by atoms with Crippen LogP contribution < -0.4 is 15.5 Å². The summed E-state index contributed by atoms with van der Waals surface area (Å²) < 4.78 is 5.87. The topological polar surface area (TPSA) is 90.7 Å². The summed E-state index contributed by atoms with van der Waals surface area (Å²) in [5, 5.41) is 6.15. The van der Waals surface area contributed by atoms with Gasteiger partial charge < -0.3 is 24.9 Å². The third-order valence-corrected chi connectivity index (χ3v) is 6.57. The van der Waals surface area contributed by atoms with Crippen molar-refractivity contribution in [2.75, 3.05) is 36.4 Å². The largest absolute Gasteiger partial charge is 0.423 e. The van der Waals surface area contributed by atoms with Gasteiger partial charge in [-0.2, -0.15) is 4.98 Å². The second-order valence-electron chi connectivity index (χ2n) is 8.79. The van der Waals surface area contributed by atoms with Crippen LogP contribution in [0.2, 0.25) is 0 Å². The minimum atomic E-state index is -0.0856. The van der Waals surface area contributed by atoms with Crippen molar-refractivity contribution < 1.29 is 14.0 Å². The first kappa shape index (κ1) is 21.3. The fraction of sp³-hybridized carbons (Fsp3) is 0.400. The normalized spacial score (nSPS) is 17.8. The minimum Gasteiger partial charge on any atom is -0.423 e. The lowest BCUT2D eigenvalue weighted by atomic mass is 9.95. The van der Waals surface area contributed by atoms with E-state index in [0.717, 1.165) is 55.6 Å². The first-order valence-corrected chi connectivity index (χ1v) is 11.7. The monoisotopic (exact) mass is 447 g/mol. The Hall–Kier alpha value is -3.55. The van der Waals surface area contributed by atoms with Crippen molar-refractivity contribution in [2.24, 2.45) is 5.92 Å². The molecule has 2 fully saturated rings. The summed E-state index contributed by atoms with van der Waals surface area (Å²) in [4.78, 5) is 33.8. The van der Waals surface area contributed by atoms with Gasteiger partial charge in [0.05, 0.1) is 0 Å². The Balaban J connectivity index is 1.06. The highest BCUT2D eigenvalue weighted by molar-refractivity contribution is 5.89. The Labute approximate surface area is 192 Å². The Morgan fingerprint density at radius 3 is 2.30 bits per heavy atom. The van der Waals surface area contributed by atoms with E-state index in [2.05, 4.69) is 20.5 Å². The highest BCUT2D eigenvalue weighted by Gasteiger charge is 2.30. The van der Waals surface area contributed by atoms with Gasteiger partial charge in [-0.15, -0.1) is 0 Å². The van der Waals surface area contributed by atoms with E-state index >= 15 is 0 Å². The van der Waals surface area contributed by atoms with Gasteiger partial charge in [0.1, 0.15) is 5.52 Å². The second kappa shape index (κ2) is 9.52. The summed E-state index contributed by atoms with van der Waals surface area (Å²) in [7, 11) is 0. The van der Waals surface area contributed by atoms with Crippen LogP contribution >= 0.6 is 0 Å². The van der Waals surface area contributed by atoms with Crippen LogP contribution in [-0.2, 0) is 4.79 Å². The molecule has 3 aromatic rings. The van der Waals surface area contributed by atoms with Gasteiger partial charge in [0.15, 0.2) is 5.58 Å². The van der Waals surface area contributed by atoms with Gasteiger partial charge in [0.25, 0.3) is 6.01 Å². The molecule has 2 aromatic carbocycles. The fourth-order valence-electron chi connectivity index (χ4n) is 4.60. The van der Waals surface area contributed by atoms with Gasteiger partial charge in [-0.05, 0) is 49.9 Å². The molecule has 0 aliphatic carbocycles. The van der Waals surface area contributed by atoms with Crippen LogP contribution in [0.1, 0.15) is 25.7 Å². The number of oxazole rings is 1. The first-order chi connectivity index (χ1) is 16.2. The number of nitrogens with zero attached hydrogens (tertiary/aromatic N) is 3. The molecular formula is C25H29N5O3. The van der Waals surface area contributed by atoms with Crippen molar-refractivity contribution in [3.8, 4) is 0 Å². The van der Waals surface area contributed by atoms with Gasteiger partial charge in [0.2, 0.25) is 5.91 Å². The van der Waals surface area contributed by atoms with Crippen molar-refractivity contribution in [3.05, 3.63) is 54.6 Å². The highest BCUT2D eigenvalue weighted by Crippen LogP contribution is 2.26. The maximum absolute atomic E-state index is 12.8. The molecule has 2 saturated heterocycles. The molecule has 0 spiro atoms. The zero-order chi connectivity index (χ0) is 22.6. The predicted octanol–water partition coefficient (Wildman–Crippen LogP) is 3.86. The molecule has 0 bridgehead atoms. The summed E-state index contributed by atoms with van der Waals surface area (Å²) in [6, 6.07) is 17.9. The maximum atomic E-state index is 12.8. The molecule has 8 heteroatoms. The molecule has 2 aliphatic rings. The third kappa shape index (κ3) is 4.94. The average Bonchev–Trinajstić information content (AvgIpc) is 3.29. The molecule has 3 amide bonds. The van der Waals surface area contributed by atoms with E-state index in [1.54, 1.807) is 0 Å². The van der Waals surface area contributed by atoms with Gasteiger partial charge in [-0.1, -0.05) is 30.3 Å². The van der Waals surface area contributed by atoms with Crippen LogP contribution in [0.25, 0.3) is 11.1 Å². The van der Waals surface area contributed by atoms with Gasteiger partial charge >= 0.3 is 6.03 Å². The van der Waals surface area contributed by atoms with Crippen molar-refractivity contribution in [2.45, 2.75) is 31.7 Å². The zero-order valence-electron chi connectivity index (χ0n) is 18.6. The summed E-state index contributed by atoms with van der Waals surface area (Å²) in [5.74, 6) is 0.129. The molecule has 2 N–H and O–H groups in total. The number of anilines is 2. The number of aromatic nitrogens is 1. The number of amides is 3. The van der Waals surface area contributed by atoms with Gasteiger partial charge in [0, 0.05) is 43.8 Å². The number of nitrogens with one attached hydrogen (secondary N) is 2. The fourth-order valence-corrected chi connectivity index (χ4v) is 4.60. The van der Waals surface area contributed by atoms with Crippen LogP contribution in [-0.4, -0.2) is 54.0 Å². The smallest absolute Gasteiger partial charge is 0.321 e. The summed E-state index contributed by atoms with van der Waals surface area (Å²) in [6.07, 6.45) is 3.11. The quantitative estimate of drug-likeness (QED) is 0.634. The minimum absolute atomic E-state index is 0.00466. The van der Waals surface area contributed by atoms with Crippen LogP contribution in [0.3, 0.4) is 0 Å². The number of carbonyl (C=O) groups excluding carboxylic acids is 2. The standard InChI is InChI=1S/C25H29N5O3/c31-23(18-10-14-30(15-11-18)25-28-21-8-4-5-9-22(21)33-25)26-20-12-16-29(17-13-20)24(32)27-19-6-2-1-3-7-19/h1-9,18,20H,10-17H2,(H,26,31)(H,27,32). The lowest BCUT2D eigenvalue weighted by molar-refractivity contribution is -0.126. The summed E-state index contributed by atoms with van der Waals surface area (Å²) in [6.45, 7) is 2.78. The highest BCUT2D eigenvalue weighted by atomic mass is 16.4. The van der Waals surface area contributed by atoms with Crippen LogP contribution in [0.5, 0.6) is 0 Å². The number of likely N-dealkylation sites (tertiary alicyclic amines) is 1. The van der Waals surface area contributed by atoms with Gasteiger partial charge in [-0.3, -0.25) is 4.79 Å². The number of fused-ring (bicyclic) bond motifs is 1. The molecule has 1 aromatic heterocycles. The Kier molecular flexibility index (Phi) is 6.15. The number of urea groups is 1. The molecule has 3 heterocycles. The number of carbonyl (C=O) groups is 2. The first-order valence-electron chi connectivity index (χ1n) is 11.7. The number of rotatable bonds is 4. The Bertz CT molecular complexity index is 1070. The van der Waals surface area contributed by atoms with E-state index in [0.29, 0.717) is 19.1 Å². The van der Waals surface area contributed by atoms with E-state index < -0.39 is 0 Å². The molecular weight excluding hydrogens is 418 g/mol. The SMILES string of the molecule is O=C(NC1CCN(C(=O)Nc2ccccc2)CC1)C1CCN(c2nc3ccccc3o2)CC1. The number of hydrogen-bond donors (Lipinski definition) is 2. The molecule has 33 heavy (non-hydrogen) atoms. The molecule has 0 atom stereocenters. The molecule has 0 unspecified atom stereocenters. The van der Waals surface area contributed by atoms with Crippen LogP contribution in [0.15, 0.2) is 59.0 Å². The van der Waals surface area contributed by atoms with Crippen LogP contribution in [0, 0.1) is 5.92 Å². The van der Waals surface area contributed by atoms with E-state index in [4.69, 9.17) is 4.42 Å². The zero-order valence-corrected chi connectivity index (χ0v) is 18.6. The third-order valence-electron chi connectivity index (χ3n) is 6.57. The number of benzene rings is 2. The molecule has 8 nitrogen and oxygen atoms in total. The lowest BCUT2D eigenvalue weighted by Crippen LogP contribution is -2.50. The Morgan fingerprint density at radius 2 is 1.58 bits per heavy atom. The lowest BCUT2D eigenvalue weighted by Gasteiger charge is -2.34. The van der Waals surface area contributed by atoms with Crippen molar-refractivity contribution >= 4 is 34.7 Å². The maximum Gasteiger partial charge on any atom is 0.321 e. The summed E-state index contributed by atoms with van der Waals surface area (Å²) in [5.41, 5.74) is 2.44. The summed E-state index contributed by atoms with van der Waals surface area (Å²) >= 11 is 0. The van der Waals surface area contributed by atoms with Crippen molar-refractivity contribution in [3.63, 3.8) is 0 Å².